The molecule has 3 heterocycles. The molecule has 5 aromatic rings. The van der Waals surface area contributed by atoms with Crippen LogP contribution in [0.15, 0.2) is 59.0 Å². The molecule has 0 atom stereocenters. The smallest absolute Gasteiger partial charge is 0.293 e. The molecule has 31 heavy (non-hydrogen) atoms. The summed E-state index contributed by atoms with van der Waals surface area (Å²) in [5.74, 6) is 0.609. The van der Waals surface area contributed by atoms with Gasteiger partial charge in [0, 0.05) is 23.1 Å². The molecule has 0 spiro atoms. The van der Waals surface area contributed by atoms with Gasteiger partial charge in [0.2, 0.25) is 4.96 Å². The van der Waals surface area contributed by atoms with Crippen molar-refractivity contribution in [1.82, 2.24) is 25.1 Å². The molecule has 2 N–H and O–H groups in total. The van der Waals surface area contributed by atoms with Crippen LogP contribution in [0.2, 0.25) is 0 Å². The summed E-state index contributed by atoms with van der Waals surface area (Å²) in [4.78, 5) is 13.2. The van der Waals surface area contributed by atoms with Crippen LogP contribution in [-0.4, -0.2) is 30.8 Å². The Morgan fingerprint density at radius 2 is 2.03 bits per heavy atom. The van der Waals surface area contributed by atoms with E-state index in [1.165, 1.54) is 11.3 Å². The molecular weight excluding hydrogens is 432 g/mol. The third kappa shape index (κ3) is 3.78. The van der Waals surface area contributed by atoms with E-state index in [1.54, 1.807) is 10.6 Å². The molecule has 0 saturated heterocycles. The van der Waals surface area contributed by atoms with Crippen LogP contribution < -0.4 is 10.6 Å². The third-order valence-electron chi connectivity index (χ3n) is 4.62. The number of hydrogen-bond acceptors (Lipinski definition) is 7. The topological polar surface area (TPSA) is 97.3 Å². The van der Waals surface area contributed by atoms with Gasteiger partial charge in [0.25, 0.3) is 5.91 Å². The van der Waals surface area contributed by atoms with Crippen LogP contribution in [0.25, 0.3) is 26.5 Å². The van der Waals surface area contributed by atoms with E-state index in [9.17, 15) is 4.79 Å². The van der Waals surface area contributed by atoms with Crippen molar-refractivity contribution >= 4 is 56.2 Å². The molecule has 0 aliphatic rings. The molecular formula is C21H16N6O2S2. The van der Waals surface area contributed by atoms with Crippen molar-refractivity contribution in [2.45, 2.75) is 13.3 Å². The van der Waals surface area contributed by atoms with Crippen LogP contribution in [0.4, 0.5) is 5.69 Å². The monoisotopic (exact) mass is 448 g/mol. The number of hydrogen-bond donors (Lipinski definition) is 2. The summed E-state index contributed by atoms with van der Waals surface area (Å²) in [6, 6.07) is 16.7. The maximum Gasteiger partial charge on any atom is 0.293 e. The third-order valence-corrected chi connectivity index (χ3v) is 5.77. The molecule has 0 aliphatic carbocycles. The Labute approximate surface area is 185 Å². The number of nitrogens with one attached hydrogen (secondary N) is 2. The number of nitrogens with zero attached hydrogens (tertiary/aromatic N) is 4. The van der Waals surface area contributed by atoms with Crippen LogP contribution in [0.1, 0.15) is 23.3 Å². The molecule has 0 radical (unpaired) electrons. The van der Waals surface area contributed by atoms with Crippen LogP contribution in [0.5, 0.6) is 0 Å². The fraction of sp³-hybridized carbons (Fsp3) is 0.0952. The molecule has 10 heteroatoms. The predicted molar refractivity (Wildman–Crippen MR) is 123 cm³/mol. The number of furan rings is 1. The van der Waals surface area contributed by atoms with Crippen molar-refractivity contribution in [1.29, 1.82) is 0 Å². The first-order chi connectivity index (χ1) is 15.1. The van der Waals surface area contributed by atoms with E-state index in [4.69, 9.17) is 16.6 Å². The number of benzene rings is 2. The number of carbonyl (C=O) groups is 1. The molecule has 154 valence electrons. The van der Waals surface area contributed by atoms with Crippen molar-refractivity contribution in [3.05, 3.63) is 66.2 Å². The molecule has 1 amide bonds. The van der Waals surface area contributed by atoms with E-state index in [0.29, 0.717) is 5.58 Å². The number of aromatic nitrogens is 4. The molecule has 3 aromatic heterocycles. The summed E-state index contributed by atoms with van der Waals surface area (Å²) in [6.45, 7) is 2.01. The Morgan fingerprint density at radius 1 is 1.16 bits per heavy atom. The lowest BCUT2D eigenvalue weighted by Gasteiger charge is -2.09. The number of amides is 1. The van der Waals surface area contributed by atoms with Gasteiger partial charge in [0.05, 0.1) is 0 Å². The largest absolute Gasteiger partial charge is 0.451 e. The Hall–Kier alpha value is -3.63. The lowest BCUT2D eigenvalue weighted by Crippen LogP contribution is -2.33. The van der Waals surface area contributed by atoms with Gasteiger partial charge >= 0.3 is 0 Å². The fourth-order valence-corrected chi connectivity index (χ4v) is 4.21. The van der Waals surface area contributed by atoms with Gasteiger partial charge in [-0.2, -0.15) is 9.61 Å². The highest BCUT2D eigenvalue weighted by atomic mass is 32.1. The van der Waals surface area contributed by atoms with Gasteiger partial charge in [-0.25, -0.2) is 0 Å². The number of anilines is 1. The SMILES string of the molecule is CCc1nnc2sc(-c3cccc(NC(=S)NC(=O)c4cc5ccccc5o4)c3)nn12. The number of aryl methyl sites for hydroxylation is 1. The zero-order valence-corrected chi connectivity index (χ0v) is 18.0. The second kappa shape index (κ2) is 7.89. The first-order valence-corrected chi connectivity index (χ1v) is 10.8. The maximum absolute atomic E-state index is 12.5. The van der Waals surface area contributed by atoms with Crippen molar-refractivity contribution in [2.24, 2.45) is 0 Å². The molecule has 0 unspecified atom stereocenters. The molecule has 0 aliphatic heterocycles. The highest BCUT2D eigenvalue weighted by Gasteiger charge is 2.15. The maximum atomic E-state index is 12.5. The lowest BCUT2D eigenvalue weighted by molar-refractivity contribution is 0.0953. The first-order valence-electron chi connectivity index (χ1n) is 9.53. The second-order valence-corrected chi connectivity index (χ2v) is 8.07. The predicted octanol–water partition coefficient (Wildman–Crippen LogP) is 4.29. The minimum atomic E-state index is -0.411. The van der Waals surface area contributed by atoms with Gasteiger partial charge in [-0.3, -0.25) is 10.1 Å². The van der Waals surface area contributed by atoms with Crippen LogP contribution in [0, 0.1) is 0 Å². The van der Waals surface area contributed by atoms with E-state index in [0.717, 1.165) is 38.9 Å². The van der Waals surface area contributed by atoms with Gasteiger partial charge in [0.1, 0.15) is 10.6 Å². The minimum Gasteiger partial charge on any atom is -0.451 e. The molecule has 0 bridgehead atoms. The van der Waals surface area contributed by atoms with Gasteiger partial charge < -0.3 is 9.73 Å². The summed E-state index contributed by atoms with van der Waals surface area (Å²) in [5.41, 5.74) is 2.29. The molecule has 2 aromatic carbocycles. The average molecular weight is 449 g/mol. The molecule has 5 rings (SSSR count). The lowest BCUT2D eigenvalue weighted by atomic mass is 10.2. The summed E-state index contributed by atoms with van der Waals surface area (Å²) >= 11 is 6.76. The van der Waals surface area contributed by atoms with Crippen LogP contribution in [-0.2, 0) is 6.42 Å². The normalized spacial score (nSPS) is 11.1. The van der Waals surface area contributed by atoms with Crippen molar-refractivity contribution in [3.63, 3.8) is 0 Å². The Morgan fingerprint density at radius 3 is 2.87 bits per heavy atom. The minimum absolute atomic E-state index is 0.175. The van der Waals surface area contributed by atoms with E-state index >= 15 is 0 Å². The Kier molecular flexibility index (Phi) is 4.92. The van der Waals surface area contributed by atoms with E-state index in [1.807, 2.05) is 55.5 Å². The molecule has 0 fully saturated rings. The fourth-order valence-electron chi connectivity index (χ4n) is 3.15. The van der Waals surface area contributed by atoms with E-state index in [-0.39, 0.29) is 10.9 Å². The number of rotatable bonds is 4. The quantitative estimate of drug-likeness (QED) is 0.396. The number of carbonyl (C=O) groups excluding carboxylic acids is 1. The van der Waals surface area contributed by atoms with Crippen molar-refractivity contribution in [2.75, 3.05) is 5.32 Å². The number of para-hydroxylation sites is 1. The number of thiocarbonyl (C=S) groups is 1. The summed E-state index contributed by atoms with van der Waals surface area (Å²) < 4.78 is 7.34. The van der Waals surface area contributed by atoms with Gasteiger partial charge in [-0.05, 0) is 36.5 Å². The molecule has 8 nitrogen and oxygen atoms in total. The highest BCUT2D eigenvalue weighted by molar-refractivity contribution is 7.80. The zero-order chi connectivity index (χ0) is 21.4. The Bertz CT molecular complexity index is 1400. The summed E-state index contributed by atoms with van der Waals surface area (Å²) in [5, 5.41) is 20.4. The van der Waals surface area contributed by atoms with Gasteiger partial charge in [0.15, 0.2) is 16.7 Å². The van der Waals surface area contributed by atoms with Crippen molar-refractivity contribution < 1.29 is 9.21 Å². The van der Waals surface area contributed by atoms with Crippen LogP contribution in [0.3, 0.4) is 0 Å². The first kappa shape index (κ1) is 19.3. The highest BCUT2D eigenvalue weighted by Crippen LogP contribution is 2.27. The van der Waals surface area contributed by atoms with Crippen molar-refractivity contribution in [3.8, 4) is 10.6 Å². The summed E-state index contributed by atoms with van der Waals surface area (Å²) in [6.07, 6.45) is 0.755. The van der Waals surface area contributed by atoms with E-state index < -0.39 is 5.91 Å². The second-order valence-electron chi connectivity index (χ2n) is 6.71. The Balaban J connectivity index is 1.31. The average Bonchev–Trinajstić information content (AvgIpc) is 3.47. The van der Waals surface area contributed by atoms with Gasteiger partial charge in [-0.15, -0.1) is 10.2 Å². The standard InChI is InChI=1S/C21H16N6O2S2/c1-2-17-24-25-21-27(17)26-19(31-21)13-7-5-8-14(10-13)22-20(30)23-18(28)16-11-12-6-3-4-9-15(12)29-16/h3-11H,2H2,1H3,(H2,22,23,28,30). The van der Waals surface area contributed by atoms with Crippen LogP contribution >= 0.6 is 23.6 Å². The van der Waals surface area contributed by atoms with Gasteiger partial charge in [-0.1, -0.05) is 48.6 Å². The summed E-state index contributed by atoms with van der Waals surface area (Å²) in [7, 11) is 0. The zero-order valence-electron chi connectivity index (χ0n) is 16.3. The number of fused-ring (bicyclic) bond motifs is 2. The molecule has 0 saturated carbocycles. The van der Waals surface area contributed by atoms with E-state index in [2.05, 4.69) is 25.9 Å².